The zero-order chi connectivity index (χ0) is 14.4. The van der Waals surface area contributed by atoms with Crippen molar-refractivity contribution in [3.8, 4) is 5.75 Å². The van der Waals surface area contributed by atoms with Crippen molar-refractivity contribution in [3.05, 3.63) is 35.4 Å². The first kappa shape index (κ1) is 14.6. The number of carbonyl (C=O) groups is 1. The molecule has 2 rings (SSSR count). The molecule has 0 radical (unpaired) electrons. The Balaban J connectivity index is 1.79. The van der Waals surface area contributed by atoms with Crippen molar-refractivity contribution in [2.24, 2.45) is 0 Å². The maximum Gasteiger partial charge on any atom is 0.243 e. The van der Waals surface area contributed by atoms with Crippen LogP contribution in [0.25, 0.3) is 6.08 Å². The molecule has 1 amide bonds. The summed E-state index contributed by atoms with van der Waals surface area (Å²) in [6.45, 7) is 3.08. The van der Waals surface area contributed by atoms with Gasteiger partial charge in [-0.05, 0) is 49.1 Å². The van der Waals surface area contributed by atoms with Gasteiger partial charge in [0, 0.05) is 19.0 Å². The molecule has 0 saturated carbocycles. The number of nitrogens with one attached hydrogen (secondary N) is 1. The molecule has 1 unspecified atom stereocenters. The Morgan fingerprint density at radius 2 is 2.40 bits per heavy atom. The maximum absolute atomic E-state index is 11.6. The zero-order valence-corrected chi connectivity index (χ0v) is 11.8. The van der Waals surface area contributed by atoms with Gasteiger partial charge in [0.1, 0.15) is 5.75 Å². The molecule has 1 aromatic carbocycles. The monoisotopic (exact) mass is 275 g/mol. The lowest BCUT2D eigenvalue weighted by Crippen LogP contribution is -2.22. The second-order valence-corrected chi connectivity index (χ2v) is 5.08. The summed E-state index contributed by atoms with van der Waals surface area (Å²) in [5.74, 6) is 0.845. The van der Waals surface area contributed by atoms with Crippen LogP contribution >= 0.6 is 0 Å². The SMILES string of the molecule is CC(O)CCCNC(=O)/C=C/c1ccc2c(c1)CCO2. The van der Waals surface area contributed by atoms with Crippen LogP contribution in [0.15, 0.2) is 24.3 Å². The van der Waals surface area contributed by atoms with Gasteiger partial charge in [-0.3, -0.25) is 4.79 Å². The van der Waals surface area contributed by atoms with Gasteiger partial charge in [-0.2, -0.15) is 0 Å². The lowest BCUT2D eigenvalue weighted by Gasteiger charge is -2.04. The molecule has 1 aliphatic rings. The highest BCUT2D eigenvalue weighted by molar-refractivity contribution is 5.91. The summed E-state index contributed by atoms with van der Waals surface area (Å²) < 4.78 is 5.44. The third kappa shape index (κ3) is 4.38. The number of fused-ring (bicyclic) bond motifs is 1. The van der Waals surface area contributed by atoms with Crippen molar-refractivity contribution in [3.63, 3.8) is 0 Å². The van der Waals surface area contributed by atoms with Crippen LogP contribution in [0.5, 0.6) is 5.75 Å². The lowest BCUT2D eigenvalue weighted by atomic mass is 10.1. The van der Waals surface area contributed by atoms with Crippen molar-refractivity contribution >= 4 is 12.0 Å². The van der Waals surface area contributed by atoms with Gasteiger partial charge in [-0.1, -0.05) is 6.07 Å². The average molecular weight is 275 g/mol. The van der Waals surface area contributed by atoms with Crippen LogP contribution in [0.1, 0.15) is 30.9 Å². The molecule has 1 aromatic rings. The number of aliphatic hydroxyl groups is 1. The van der Waals surface area contributed by atoms with Gasteiger partial charge >= 0.3 is 0 Å². The largest absolute Gasteiger partial charge is 0.493 e. The Morgan fingerprint density at radius 3 is 3.20 bits per heavy atom. The van der Waals surface area contributed by atoms with Crippen molar-refractivity contribution < 1.29 is 14.6 Å². The van der Waals surface area contributed by atoms with E-state index in [1.807, 2.05) is 18.2 Å². The van der Waals surface area contributed by atoms with Gasteiger partial charge in [0.25, 0.3) is 0 Å². The summed E-state index contributed by atoms with van der Waals surface area (Å²) in [5, 5.41) is 11.9. The number of carbonyl (C=O) groups excluding carboxylic acids is 1. The predicted octanol–water partition coefficient (Wildman–Crippen LogP) is 1.91. The smallest absolute Gasteiger partial charge is 0.243 e. The quantitative estimate of drug-likeness (QED) is 0.616. The van der Waals surface area contributed by atoms with E-state index in [2.05, 4.69) is 11.4 Å². The van der Waals surface area contributed by atoms with Crippen LogP contribution in [0, 0.1) is 0 Å². The van der Waals surface area contributed by atoms with Gasteiger partial charge in [-0.25, -0.2) is 0 Å². The molecular weight excluding hydrogens is 254 g/mol. The topological polar surface area (TPSA) is 58.6 Å². The molecule has 4 heteroatoms. The molecule has 0 fully saturated rings. The Morgan fingerprint density at radius 1 is 1.55 bits per heavy atom. The van der Waals surface area contributed by atoms with Crippen LogP contribution in [0.2, 0.25) is 0 Å². The van der Waals surface area contributed by atoms with Gasteiger partial charge in [-0.15, -0.1) is 0 Å². The first-order valence-corrected chi connectivity index (χ1v) is 7.05. The van der Waals surface area contributed by atoms with Crippen molar-refractivity contribution in [2.75, 3.05) is 13.2 Å². The highest BCUT2D eigenvalue weighted by Gasteiger charge is 2.11. The molecule has 0 spiro atoms. The molecule has 1 aliphatic heterocycles. The fraction of sp³-hybridized carbons (Fsp3) is 0.438. The molecule has 0 saturated heterocycles. The zero-order valence-electron chi connectivity index (χ0n) is 11.8. The average Bonchev–Trinajstić information content (AvgIpc) is 2.88. The number of hydrogen-bond acceptors (Lipinski definition) is 3. The molecule has 2 N–H and O–H groups in total. The number of hydrogen-bond donors (Lipinski definition) is 2. The van der Waals surface area contributed by atoms with Gasteiger partial charge < -0.3 is 15.2 Å². The molecular formula is C16H21NO3. The van der Waals surface area contributed by atoms with E-state index in [-0.39, 0.29) is 12.0 Å². The lowest BCUT2D eigenvalue weighted by molar-refractivity contribution is -0.116. The van der Waals surface area contributed by atoms with Gasteiger partial charge in [0.15, 0.2) is 0 Å². The van der Waals surface area contributed by atoms with E-state index >= 15 is 0 Å². The molecule has 108 valence electrons. The molecule has 4 nitrogen and oxygen atoms in total. The fourth-order valence-electron chi connectivity index (χ4n) is 2.15. The summed E-state index contributed by atoms with van der Waals surface area (Å²) in [4.78, 5) is 11.6. The number of benzene rings is 1. The maximum atomic E-state index is 11.6. The second-order valence-electron chi connectivity index (χ2n) is 5.08. The number of aliphatic hydroxyl groups excluding tert-OH is 1. The molecule has 20 heavy (non-hydrogen) atoms. The van der Waals surface area contributed by atoms with E-state index in [1.165, 1.54) is 5.56 Å². The first-order valence-electron chi connectivity index (χ1n) is 7.05. The molecule has 0 aliphatic carbocycles. The Bertz CT molecular complexity index is 494. The third-order valence-corrected chi connectivity index (χ3v) is 3.24. The molecule has 0 aromatic heterocycles. The van der Waals surface area contributed by atoms with Crippen molar-refractivity contribution in [2.45, 2.75) is 32.3 Å². The fourth-order valence-corrected chi connectivity index (χ4v) is 2.15. The van der Waals surface area contributed by atoms with Crippen LogP contribution in [0.3, 0.4) is 0 Å². The minimum Gasteiger partial charge on any atom is -0.493 e. The van der Waals surface area contributed by atoms with Gasteiger partial charge in [0.2, 0.25) is 5.91 Å². The molecule has 0 bridgehead atoms. The van der Waals surface area contributed by atoms with Crippen molar-refractivity contribution in [1.82, 2.24) is 5.32 Å². The highest BCUT2D eigenvalue weighted by Crippen LogP contribution is 2.26. The minimum atomic E-state index is -0.309. The van der Waals surface area contributed by atoms with Crippen molar-refractivity contribution in [1.29, 1.82) is 0 Å². The normalized spacial score (nSPS) is 14.9. The van der Waals surface area contributed by atoms with E-state index < -0.39 is 0 Å². The number of amides is 1. The van der Waals surface area contributed by atoms with Crippen LogP contribution in [0.4, 0.5) is 0 Å². The summed E-state index contributed by atoms with van der Waals surface area (Å²) in [6.07, 6.45) is 5.46. The summed E-state index contributed by atoms with van der Waals surface area (Å²) in [7, 11) is 0. The van der Waals surface area contributed by atoms with E-state index in [1.54, 1.807) is 13.0 Å². The first-order chi connectivity index (χ1) is 9.65. The Labute approximate surface area is 119 Å². The van der Waals surface area contributed by atoms with Gasteiger partial charge in [0.05, 0.1) is 12.7 Å². The Kier molecular flexibility index (Phi) is 5.18. The van der Waals surface area contributed by atoms with Crippen LogP contribution in [-0.2, 0) is 11.2 Å². The van der Waals surface area contributed by atoms with E-state index in [0.29, 0.717) is 13.0 Å². The molecule has 1 atom stereocenters. The third-order valence-electron chi connectivity index (χ3n) is 3.24. The molecule has 1 heterocycles. The van der Waals surface area contributed by atoms with E-state index in [0.717, 1.165) is 30.8 Å². The van der Waals surface area contributed by atoms with E-state index in [4.69, 9.17) is 9.84 Å². The second kappa shape index (κ2) is 7.10. The number of ether oxygens (including phenoxy) is 1. The van der Waals surface area contributed by atoms with Crippen LogP contribution in [-0.4, -0.2) is 30.3 Å². The summed E-state index contributed by atoms with van der Waals surface area (Å²) >= 11 is 0. The Hall–Kier alpha value is -1.81. The number of rotatable bonds is 6. The highest BCUT2D eigenvalue weighted by atomic mass is 16.5. The standard InChI is InChI=1S/C16H21NO3/c1-12(18)3-2-9-17-16(19)7-5-13-4-6-15-14(11-13)8-10-20-15/h4-7,11-12,18H,2-3,8-10H2,1H3,(H,17,19)/b7-5+. The minimum absolute atomic E-state index is 0.104. The van der Waals surface area contributed by atoms with E-state index in [9.17, 15) is 4.79 Å². The summed E-state index contributed by atoms with van der Waals surface area (Å²) in [5.41, 5.74) is 2.21. The van der Waals surface area contributed by atoms with Crippen LogP contribution < -0.4 is 10.1 Å². The predicted molar refractivity (Wildman–Crippen MR) is 78.6 cm³/mol. The summed E-state index contributed by atoms with van der Waals surface area (Å²) in [6, 6.07) is 5.95.